The van der Waals surface area contributed by atoms with Crippen LogP contribution < -0.4 is 5.32 Å². The van der Waals surface area contributed by atoms with Gasteiger partial charge in [0.15, 0.2) is 0 Å². The third-order valence-corrected chi connectivity index (χ3v) is 1.92. The fraction of sp³-hybridized carbons (Fsp3) is 0.636. The first-order valence-corrected chi connectivity index (χ1v) is 5.57. The number of ketones is 1. The van der Waals surface area contributed by atoms with E-state index in [2.05, 4.69) is 4.74 Å². The summed E-state index contributed by atoms with van der Waals surface area (Å²) in [5, 5.41) is 18.4. The molecule has 0 aromatic carbocycles. The lowest BCUT2D eigenvalue weighted by molar-refractivity contribution is -0.160. The van der Waals surface area contributed by atoms with E-state index in [1.54, 1.807) is 0 Å². The summed E-state index contributed by atoms with van der Waals surface area (Å²) in [5.74, 6) is -8.96. The third-order valence-electron chi connectivity index (χ3n) is 1.92. The van der Waals surface area contributed by atoms with Crippen LogP contribution in [-0.4, -0.2) is 45.4 Å². The Balaban J connectivity index is 4.93. The van der Waals surface area contributed by atoms with E-state index in [0.717, 1.165) is 0 Å². The number of hydrogen-bond donors (Lipinski definition) is 3. The van der Waals surface area contributed by atoms with Gasteiger partial charge in [-0.1, -0.05) is 0 Å². The van der Waals surface area contributed by atoms with Crippen molar-refractivity contribution in [3.05, 3.63) is 0 Å². The summed E-state index contributed by atoms with van der Waals surface area (Å²) in [5.41, 5.74) is -1.02. The molecule has 0 aliphatic rings. The maximum atomic E-state index is 14.0. The van der Waals surface area contributed by atoms with Gasteiger partial charge in [-0.25, -0.2) is 9.59 Å². The molecule has 0 saturated heterocycles. The van der Waals surface area contributed by atoms with Crippen LogP contribution >= 0.6 is 0 Å². The van der Waals surface area contributed by atoms with Crippen LogP contribution in [0.1, 0.15) is 33.6 Å². The first kappa shape index (κ1) is 17.8. The van der Waals surface area contributed by atoms with Gasteiger partial charge in [0.1, 0.15) is 5.60 Å². The summed E-state index contributed by atoms with van der Waals surface area (Å²) in [6, 6.07) is 0. The predicted octanol–water partition coefficient (Wildman–Crippen LogP) is 0.695. The Morgan fingerprint density at radius 1 is 1.10 bits per heavy atom. The van der Waals surface area contributed by atoms with E-state index >= 15 is 0 Å². The van der Waals surface area contributed by atoms with Crippen molar-refractivity contribution in [2.45, 2.75) is 45.0 Å². The fourth-order valence-electron chi connectivity index (χ4n) is 1.08. The molecule has 0 radical (unpaired) electrons. The zero-order valence-corrected chi connectivity index (χ0v) is 11.2. The highest BCUT2D eigenvalue weighted by molar-refractivity contribution is 6.08. The lowest BCUT2D eigenvalue weighted by atomic mass is 10.1. The summed E-state index contributed by atoms with van der Waals surface area (Å²) in [4.78, 5) is 43.8. The fourth-order valence-corrected chi connectivity index (χ4v) is 1.08. The summed E-state index contributed by atoms with van der Waals surface area (Å²) in [6.07, 6.45) is -3.08. The Bertz CT molecular complexity index is 429. The molecule has 0 aromatic rings. The molecule has 8 nitrogen and oxygen atoms in total. The molecule has 114 valence electrons. The Morgan fingerprint density at radius 2 is 1.60 bits per heavy atom. The van der Waals surface area contributed by atoms with Crippen LogP contribution in [0.4, 0.5) is 9.18 Å². The van der Waals surface area contributed by atoms with E-state index in [1.807, 2.05) is 0 Å². The average molecular weight is 293 g/mol. The molecular weight excluding hydrogens is 277 g/mol. The standard InChI is InChI=1S/C11H16FNO7/c1-10(2,3)20-9(19)13-11(12,8(17)18)6(14)4-5-7(15)16/h4-5H2,1-3H3,(H,13,19)(H,15,16)(H,17,18). The van der Waals surface area contributed by atoms with Gasteiger partial charge >= 0.3 is 23.8 Å². The molecule has 1 atom stereocenters. The first-order valence-electron chi connectivity index (χ1n) is 5.57. The molecule has 3 N–H and O–H groups in total. The predicted molar refractivity (Wildman–Crippen MR) is 62.7 cm³/mol. The Kier molecular flexibility index (Phi) is 5.62. The van der Waals surface area contributed by atoms with Crippen molar-refractivity contribution < 1.29 is 38.5 Å². The number of carboxylic acid groups (broad SMARTS) is 2. The third kappa shape index (κ3) is 5.63. The molecule has 0 spiro atoms. The van der Waals surface area contributed by atoms with Crippen LogP contribution in [0.15, 0.2) is 0 Å². The van der Waals surface area contributed by atoms with Crippen molar-refractivity contribution in [3.8, 4) is 0 Å². The van der Waals surface area contributed by atoms with Crippen molar-refractivity contribution in [3.63, 3.8) is 0 Å². The molecule has 0 rings (SSSR count). The zero-order valence-electron chi connectivity index (χ0n) is 11.2. The molecule has 0 saturated carbocycles. The summed E-state index contributed by atoms with van der Waals surface area (Å²) >= 11 is 0. The van der Waals surface area contributed by atoms with E-state index in [1.165, 1.54) is 26.1 Å². The number of carboxylic acids is 2. The molecule has 9 heteroatoms. The number of amides is 1. The van der Waals surface area contributed by atoms with Gasteiger partial charge in [0.2, 0.25) is 5.78 Å². The smallest absolute Gasteiger partial charge is 0.410 e. The second-order valence-corrected chi connectivity index (χ2v) is 4.91. The van der Waals surface area contributed by atoms with Crippen molar-refractivity contribution in [1.29, 1.82) is 0 Å². The molecule has 0 bridgehead atoms. The van der Waals surface area contributed by atoms with E-state index in [-0.39, 0.29) is 0 Å². The number of alkyl carbamates (subject to hydrolysis) is 1. The molecular formula is C11H16FNO7. The largest absolute Gasteiger partial charge is 0.481 e. The summed E-state index contributed by atoms with van der Waals surface area (Å²) < 4.78 is 18.7. The zero-order chi connectivity index (χ0) is 16.1. The quantitative estimate of drug-likeness (QED) is 0.485. The molecule has 1 amide bonds. The van der Waals surface area contributed by atoms with Gasteiger partial charge < -0.3 is 14.9 Å². The average Bonchev–Trinajstić information content (AvgIpc) is 2.22. The van der Waals surface area contributed by atoms with Gasteiger partial charge in [0.25, 0.3) is 0 Å². The number of Topliss-reactive ketones (excluding diaryl/α,β-unsaturated/α-hetero) is 1. The molecule has 0 fully saturated rings. The highest BCUT2D eigenvalue weighted by atomic mass is 19.1. The highest BCUT2D eigenvalue weighted by Crippen LogP contribution is 2.15. The van der Waals surface area contributed by atoms with Crippen LogP contribution in [0, 0.1) is 0 Å². The van der Waals surface area contributed by atoms with E-state index in [9.17, 15) is 23.6 Å². The van der Waals surface area contributed by atoms with Crippen molar-refractivity contribution in [2.75, 3.05) is 0 Å². The molecule has 0 aliphatic heterocycles. The number of halogens is 1. The number of carbonyl (C=O) groups excluding carboxylic acids is 2. The minimum atomic E-state index is -3.72. The molecule has 0 aliphatic carbocycles. The van der Waals surface area contributed by atoms with Crippen LogP contribution in [0.3, 0.4) is 0 Å². The van der Waals surface area contributed by atoms with Crippen LogP contribution in [0.5, 0.6) is 0 Å². The van der Waals surface area contributed by atoms with E-state index in [4.69, 9.17) is 10.2 Å². The van der Waals surface area contributed by atoms with Gasteiger partial charge in [-0.2, -0.15) is 4.39 Å². The monoisotopic (exact) mass is 293 g/mol. The Labute approximate surface area is 113 Å². The van der Waals surface area contributed by atoms with Gasteiger partial charge in [-0.15, -0.1) is 0 Å². The van der Waals surface area contributed by atoms with Crippen molar-refractivity contribution in [2.24, 2.45) is 0 Å². The number of ether oxygens (including phenoxy) is 1. The number of alkyl halides is 1. The van der Waals surface area contributed by atoms with Gasteiger partial charge in [-0.05, 0) is 20.8 Å². The van der Waals surface area contributed by atoms with Crippen LogP contribution in [0.2, 0.25) is 0 Å². The second kappa shape index (κ2) is 6.31. The molecule has 1 unspecified atom stereocenters. The molecule has 0 aromatic heterocycles. The minimum Gasteiger partial charge on any atom is -0.481 e. The molecule has 0 heterocycles. The topological polar surface area (TPSA) is 130 Å². The van der Waals surface area contributed by atoms with Crippen molar-refractivity contribution in [1.82, 2.24) is 5.32 Å². The number of nitrogens with one attached hydrogen (secondary N) is 1. The normalized spacial score (nSPS) is 14.0. The van der Waals surface area contributed by atoms with Gasteiger partial charge in [0.05, 0.1) is 6.42 Å². The number of carbonyl (C=O) groups is 4. The summed E-state index contributed by atoms with van der Waals surface area (Å²) in [7, 11) is 0. The number of hydrogen-bond acceptors (Lipinski definition) is 5. The highest BCUT2D eigenvalue weighted by Gasteiger charge is 2.48. The minimum absolute atomic E-state index is 0.756. The SMILES string of the molecule is CC(C)(C)OC(=O)NC(F)(C(=O)O)C(=O)CCC(=O)O. The molecule has 20 heavy (non-hydrogen) atoms. The number of rotatable bonds is 6. The maximum Gasteiger partial charge on any atom is 0.410 e. The maximum absolute atomic E-state index is 14.0. The summed E-state index contributed by atoms with van der Waals surface area (Å²) in [6.45, 7) is 4.37. The first-order chi connectivity index (χ1) is 8.88. The van der Waals surface area contributed by atoms with Crippen LogP contribution in [-0.2, 0) is 19.1 Å². The lowest BCUT2D eigenvalue weighted by Gasteiger charge is -2.24. The van der Waals surface area contributed by atoms with Crippen molar-refractivity contribution >= 4 is 23.8 Å². The Hall–Kier alpha value is -2.19. The van der Waals surface area contributed by atoms with E-state index < -0.39 is 48.1 Å². The van der Waals surface area contributed by atoms with Crippen LogP contribution in [0.25, 0.3) is 0 Å². The van der Waals surface area contributed by atoms with Gasteiger partial charge in [-0.3, -0.25) is 14.9 Å². The Morgan fingerprint density at radius 3 is 1.95 bits per heavy atom. The second-order valence-electron chi connectivity index (χ2n) is 4.91. The number of aliphatic carboxylic acids is 2. The van der Waals surface area contributed by atoms with E-state index in [0.29, 0.717) is 0 Å². The van der Waals surface area contributed by atoms with Gasteiger partial charge in [0, 0.05) is 6.42 Å². The lowest BCUT2D eigenvalue weighted by Crippen LogP contribution is -2.57.